The van der Waals surface area contributed by atoms with Crippen molar-refractivity contribution in [2.45, 2.75) is 26.8 Å². The lowest BCUT2D eigenvalue weighted by Crippen LogP contribution is -2.38. The summed E-state index contributed by atoms with van der Waals surface area (Å²) in [6, 6.07) is 12.4. The number of halogens is 1. The van der Waals surface area contributed by atoms with Crippen LogP contribution in [0.25, 0.3) is 5.70 Å². The predicted octanol–water partition coefficient (Wildman–Crippen LogP) is 3.74. The summed E-state index contributed by atoms with van der Waals surface area (Å²) in [6.45, 7) is 7.17. The Hall–Kier alpha value is -2.12. The molecule has 1 aromatic heterocycles. The lowest BCUT2D eigenvalue weighted by atomic mass is 10.1. The number of rotatable bonds is 3. The molecule has 1 atom stereocenters. The van der Waals surface area contributed by atoms with Crippen LogP contribution in [0.2, 0.25) is 0 Å². The normalized spacial score (nSPS) is 17.5. The van der Waals surface area contributed by atoms with E-state index in [0.29, 0.717) is 6.04 Å². The number of aryl methyl sites for hydroxylation is 1. The highest BCUT2D eigenvalue weighted by atomic mass is 79.9. The van der Waals surface area contributed by atoms with Crippen LogP contribution in [0.3, 0.4) is 0 Å². The number of nitrogens with one attached hydrogen (secondary N) is 1. The van der Waals surface area contributed by atoms with Crippen LogP contribution in [0.15, 0.2) is 40.9 Å². The second-order valence-electron chi connectivity index (χ2n) is 5.76. The molecule has 2 aromatic rings. The molecule has 0 aliphatic carbocycles. The van der Waals surface area contributed by atoms with Crippen molar-refractivity contribution < 1.29 is 9.90 Å². The molecule has 0 amide bonds. The Morgan fingerprint density at radius 2 is 2.00 bits per heavy atom. The van der Waals surface area contributed by atoms with Crippen molar-refractivity contribution in [3.05, 3.63) is 57.8 Å². The predicted molar refractivity (Wildman–Crippen MR) is 102 cm³/mol. The molecule has 25 heavy (non-hydrogen) atoms. The van der Waals surface area contributed by atoms with Gasteiger partial charge >= 0.3 is 5.97 Å². The van der Waals surface area contributed by atoms with Crippen LogP contribution >= 0.6 is 15.9 Å². The maximum atomic E-state index is 10.1. The van der Waals surface area contributed by atoms with Gasteiger partial charge in [-0.1, -0.05) is 53.2 Å². The summed E-state index contributed by atoms with van der Waals surface area (Å²) in [5.74, 6) is -1.00. The monoisotopic (exact) mass is 406 g/mol. The molecular formula is C18H23BrN4O2. The molecule has 7 heteroatoms. The van der Waals surface area contributed by atoms with Crippen molar-refractivity contribution in [2.24, 2.45) is 0 Å². The Morgan fingerprint density at radius 1 is 1.36 bits per heavy atom. The second-order valence-corrected chi connectivity index (χ2v) is 6.61. The summed E-state index contributed by atoms with van der Waals surface area (Å²) in [6.07, 6.45) is 0. The number of H-pyrrole nitrogens is 1. The number of benzene rings is 1. The number of aromatic nitrogens is 2. The van der Waals surface area contributed by atoms with E-state index < -0.39 is 5.97 Å². The van der Waals surface area contributed by atoms with E-state index in [1.54, 1.807) is 6.92 Å². The van der Waals surface area contributed by atoms with Gasteiger partial charge in [0.25, 0.3) is 0 Å². The third-order valence-electron chi connectivity index (χ3n) is 4.05. The fourth-order valence-corrected chi connectivity index (χ4v) is 3.53. The number of hydrogen-bond acceptors (Lipinski definition) is 4. The van der Waals surface area contributed by atoms with Gasteiger partial charge in [-0.05, 0) is 19.9 Å². The Balaban J connectivity index is 0.000000212. The fourth-order valence-electron chi connectivity index (χ4n) is 2.81. The van der Waals surface area contributed by atoms with Gasteiger partial charge in [-0.3, -0.25) is 5.10 Å². The van der Waals surface area contributed by atoms with Crippen molar-refractivity contribution >= 4 is 27.6 Å². The lowest BCUT2D eigenvalue weighted by Gasteiger charge is -2.30. The van der Waals surface area contributed by atoms with E-state index in [4.69, 9.17) is 5.11 Å². The molecule has 6 nitrogen and oxygen atoms in total. The van der Waals surface area contributed by atoms with Crippen LogP contribution < -0.4 is 0 Å². The SMILES string of the molecule is CCN1C(C)C(Br)=C(c2ccccc2)N1C.Cc1cc(C(=O)O)n[nH]1. The molecule has 0 bridgehead atoms. The van der Waals surface area contributed by atoms with Gasteiger partial charge in [-0.25, -0.2) is 9.80 Å². The van der Waals surface area contributed by atoms with E-state index in [2.05, 4.69) is 81.3 Å². The number of hydrazine groups is 1. The zero-order valence-corrected chi connectivity index (χ0v) is 16.4. The van der Waals surface area contributed by atoms with Crippen LogP contribution in [-0.4, -0.2) is 50.9 Å². The van der Waals surface area contributed by atoms with Crippen LogP contribution in [0.1, 0.15) is 35.6 Å². The third-order valence-corrected chi connectivity index (χ3v) is 5.08. The molecule has 3 rings (SSSR count). The molecule has 134 valence electrons. The topological polar surface area (TPSA) is 72.5 Å². The summed E-state index contributed by atoms with van der Waals surface area (Å²) in [5.41, 5.74) is 3.36. The first-order chi connectivity index (χ1) is 11.9. The molecule has 1 aliphatic heterocycles. The number of hydrogen-bond donors (Lipinski definition) is 2. The minimum absolute atomic E-state index is 0.0625. The summed E-state index contributed by atoms with van der Waals surface area (Å²) in [7, 11) is 2.12. The molecule has 0 fully saturated rings. The number of nitrogens with zero attached hydrogens (tertiary/aromatic N) is 3. The standard InChI is InChI=1S/C13H17BrN2.C5H6N2O2/c1-4-16-10(2)12(14)13(15(16)3)11-8-6-5-7-9-11;1-3-2-4(5(8)9)7-6-3/h5-10H,4H2,1-3H3;2H,1H3,(H,6,7)(H,8,9). The van der Waals surface area contributed by atoms with Crippen LogP contribution in [0.4, 0.5) is 0 Å². The Kier molecular flexibility index (Phi) is 6.39. The summed E-state index contributed by atoms with van der Waals surface area (Å²) >= 11 is 3.72. The van der Waals surface area contributed by atoms with Gasteiger partial charge in [0.05, 0.1) is 11.7 Å². The molecule has 0 saturated heterocycles. The number of likely N-dealkylation sites (N-methyl/N-ethyl adjacent to an activating group) is 1. The summed E-state index contributed by atoms with van der Waals surface area (Å²) in [4.78, 5) is 10.1. The van der Waals surface area contributed by atoms with Gasteiger partial charge in [0.15, 0.2) is 5.69 Å². The first-order valence-electron chi connectivity index (χ1n) is 8.07. The van der Waals surface area contributed by atoms with Gasteiger partial charge in [0.2, 0.25) is 0 Å². The Bertz CT molecular complexity index is 757. The maximum absolute atomic E-state index is 10.1. The molecule has 0 saturated carbocycles. The number of carboxylic acids is 1. The van der Waals surface area contributed by atoms with Crippen molar-refractivity contribution in [3.63, 3.8) is 0 Å². The van der Waals surface area contributed by atoms with Crippen molar-refractivity contribution in [3.8, 4) is 0 Å². The minimum atomic E-state index is -1.00. The maximum Gasteiger partial charge on any atom is 0.356 e. The lowest BCUT2D eigenvalue weighted by molar-refractivity contribution is 0.0616. The first-order valence-corrected chi connectivity index (χ1v) is 8.86. The quantitative estimate of drug-likeness (QED) is 0.811. The molecule has 1 unspecified atom stereocenters. The molecular weight excluding hydrogens is 384 g/mol. The largest absolute Gasteiger partial charge is 0.476 e. The average Bonchev–Trinajstić information content (AvgIpc) is 3.12. The van der Waals surface area contributed by atoms with E-state index in [-0.39, 0.29) is 5.69 Å². The smallest absolute Gasteiger partial charge is 0.356 e. The highest BCUT2D eigenvalue weighted by molar-refractivity contribution is 9.11. The van der Waals surface area contributed by atoms with Gasteiger partial charge in [-0.2, -0.15) is 5.10 Å². The number of carboxylic acid groups (broad SMARTS) is 1. The molecule has 1 aromatic carbocycles. The van der Waals surface area contributed by atoms with E-state index >= 15 is 0 Å². The fraction of sp³-hybridized carbons (Fsp3) is 0.333. The van der Waals surface area contributed by atoms with E-state index in [0.717, 1.165) is 12.2 Å². The van der Waals surface area contributed by atoms with Gasteiger partial charge in [0, 0.05) is 29.3 Å². The number of aromatic amines is 1. The van der Waals surface area contributed by atoms with Crippen LogP contribution in [-0.2, 0) is 0 Å². The summed E-state index contributed by atoms with van der Waals surface area (Å²) < 4.78 is 1.27. The van der Waals surface area contributed by atoms with Crippen LogP contribution in [0, 0.1) is 6.92 Å². The molecule has 2 heterocycles. The van der Waals surface area contributed by atoms with Gasteiger partial charge < -0.3 is 10.1 Å². The minimum Gasteiger partial charge on any atom is -0.476 e. The third kappa shape index (κ3) is 4.29. The number of carbonyl (C=O) groups is 1. The zero-order valence-electron chi connectivity index (χ0n) is 14.8. The molecule has 1 aliphatic rings. The molecule has 2 N–H and O–H groups in total. The molecule has 0 spiro atoms. The van der Waals surface area contributed by atoms with E-state index in [1.807, 2.05) is 6.07 Å². The molecule has 0 radical (unpaired) electrons. The highest BCUT2D eigenvalue weighted by Crippen LogP contribution is 2.37. The van der Waals surface area contributed by atoms with Crippen LogP contribution in [0.5, 0.6) is 0 Å². The highest BCUT2D eigenvalue weighted by Gasteiger charge is 2.31. The van der Waals surface area contributed by atoms with Gasteiger partial charge in [0.1, 0.15) is 0 Å². The average molecular weight is 407 g/mol. The van der Waals surface area contributed by atoms with E-state index in [9.17, 15) is 4.79 Å². The van der Waals surface area contributed by atoms with Gasteiger partial charge in [-0.15, -0.1) is 0 Å². The second kappa shape index (κ2) is 8.31. The van der Waals surface area contributed by atoms with Crippen molar-refractivity contribution in [1.82, 2.24) is 20.2 Å². The van der Waals surface area contributed by atoms with E-state index in [1.165, 1.54) is 21.8 Å². The Labute approximate surface area is 156 Å². The number of aromatic carboxylic acids is 1. The zero-order chi connectivity index (χ0) is 18.6. The summed E-state index contributed by atoms with van der Waals surface area (Å²) in [5, 5.41) is 18.9. The van der Waals surface area contributed by atoms with Crippen molar-refractivity contribution in [2.75, 3.05) is 13.6 Å². The first kappa shape index (κ1) is 19.2. The van der Waals surface area contributed by atoms with Crippen molar-refractivity contribution in [1.29, 1.82) is 0 Å². The Morgan fingerprint density at radius 3 is 2.40 bits per heavy atom.